The standard InChI is InChI=1S/C30H36FN3O5S/c1-21-7-9-23(10-8-21)19-33(22(2)29(36)32-30(3,4)5)28(35)20-34(25-13-11-24(31)12-14-25)40(37,38)27-17-15-26(39-6)16-18-27/h7-18,22H,19-20H2,1-6H3,(H,32,36). The van der Waals surface area contributed by atoms with Crippen molar-refractivity contribution < 1.29 is 27.1 Å². The molecule has 8 nitrogen and oxygen atoms in total. The lowest BCUT2D eigenvalue weighted by Gasteiger charge is -2.33. The fourth-order valence-corrected chi connectivity index (χ4v) is 5.37. The van der Waals surface area contributed by atoms with E-state index in [1.165, 1.54) is 48.4 Å². The molecule has 1 unspecified atom stereocenters. The Balaban J connectivity index is 2.03. The molecule has 0 aliphatic carbocycles. The average molecular weight is 570 g/mol. The molecular weight excluding hydrogens is 533 g/mol. The number of halogens is 1. The zero-order valence-electron chi connectivity index (χ0n) is 23.6. The number of sulfonamides is 1. The van der Waals surface area contributed by atoms with Crippen LogP contribution in [0.25, 0.3) is 0 Å². The van der Waals surface area contributed by atoms with Crippen LogP contribution in [0.5, 0.6) is 5.75 Å². The molecule has 0 saturated heterocycles. The van der Waals surface area contributed by atoms with Crippen LogP contribution in [0.4, 0.5) is 10.1 Å². The average Bonchev–Trinajstić information content (AvgIpc) is 2.90. The second kappa shape index (κ2) is 12.5. The van der Waals surface area contributed by atoms with E-state index < -0.39 is 39.9 Å². The summed E-state index contributed by atoms with van der Waals surface area (Å²) < 4.78 is 47.4. The molecule has 1 atom stereocenters. The lowest BCUT2D eigenvalue weighted by Crippen LogP contribution is -2.54. The van der Waals surface area contributed by atoms with Crippen LogP contribution in [0.2, 0.25) is 0 Å². The van der Waals surface area contributed by atoms with Gasteiger partial charge in [0.1, 0.15) is 24.2 Å². The van der Waals surface area contributed by atoms with Crippen molar-refractivity contribution in [3.05, 3.63) is 89.7 Å². The molecule has 0 aromatic heterocycles. The Labute approximate surface area is 235 Å². The van der Waals surface area contributed by atoms with E-state index in [4.69, 9.17) is 4.74 Å². The molecule has 0 radical (unpaired) electrons. The van der Waals surface area contributed by atoms with Crippen LogP contribution in [0.1, 0.15) is 38.8 Å². The molecule has 0 bridgehead atoms. The molecule has 214 valence electrons. The highest BCUT2D eigenvalue weighted by atomic mass is 32.2. The third-order valence-electron chi connectivity index (χ3n) is 6.18. The van der Waals surface area contributed by atoms with Gasteiger partial charge in [0.15, 0.2) is 0 Å². The minimum Gasteiger partial charge on any atom is -0.497 e. The monoisotopic (exact) mass is 569 g/mol. The second-order valence-corrected chi connectivity index (χ2v) is 12.4. The van der Waals surface area contributed by atoms with Crippen LogP contribution >= 0.6 is 0 Å². The molecular formula is C30H36FN3O5S. The summed E-state index contributed by atoms with van der Waals surface area (Å²) in [6.45, 7) is 8.52. The summed E-state index contributed by atoms with van der Waals surface area (Å²) in [7, 11) is -2.80. The van der Waals surface area contributed by atoms with Crippen molar-refractivity contribution in [3.63, 3.8) is 0 Å². The minimum atomic E-state index is -4.27. The van der Waals surface area contributed by atoms with Crippen LogP contribution in [0.3, 0.4) is 0 Å². The second-order valence-electron chi connectivity index (χ2n) is 10.6. The molecule has 0 aliphatic heterocycles. The van der Waals surface area contributed by atoms with Crippen molar-refractivity contribution in [1.82, 2.24) is 10.2 Å². The van der Waals surface area contributed by atoms with E-state index in [-0.39, 0.29) is 23.0 Å². The fourth-order valence-electron chi connectivity index (χ4n) is 3.96. The molecule has 0 aliphatic rings. The molecule has 3 rings (SSSR count). The molecule has 0 spiro atoms. The van der Waals surface area contributed by atoms with Gasteiger partial charge >= 0.3 is 0 Å². The number of amides is 2. The first-order valence-corrected chi connectivity index (χ1v) is 14.2. The number of nitrogens with one attached hydrogen (secondary N) is 1. The highest BCUT2D eigenvalue weighted by Crippen LogP contribution is 2.26. The summed E-state index contributed by atoms with van der Waals surface area (Å²) in [6, 6.07) is 17.2. The third-order valence-corrected chi connectivity index (χ3v) is 7.97. The van der Waals surface area contributed by atoms with Crippen molar-refractivity contribution in [3.8, 4) is 5.75 Å². The lowest BCUT2D eigenvalue weighted by atomic mass is 10.1. The summed E-state index contributed by atoms with van der Waals surface area (Å²) in [4.78, 5) is 28.3. The number of rotatable bonds is 10. The predicted molar refractivity (Wildman–Crippen MR) is 153 cm³/mol. The topological polar surface area (TPSA) is 96.0 Å². The van der Waals surface area contributed by atoms with Gasteiger partial charge in [-0.2, -0.15) is 0 Å². The largest absolute Gasteiger partial charge is 0.497 e. The first-order valence-electron chi connectivity index (χ1n) is 12.8. The Morgan fingerprint density at radius 1 is 0.950 bits per heavy atom. The van der Waals surface area contributed by atoms with Gasteiger partial charge in [0.2, 0.25) is 11.8 Å². The quantitative estimate of drug-likeness (QED) is 0.383. The number of methoxy groups -OCH3 is 1. The Morgan fingerprint density at radius 3 is 2.05 bits per heavy atom. The molecule has 0 fully saturated rings. The Hall–Kier alpha value is -3.92. The maximum absolute atomic E-state index is 13.9. The molecule has 0 heterocycles. The van der Waals surface area contributed by atoms with E-state index in [0.717, 1.165) is 27.6 Å². The first kappa shape index (κ1) is 30.6. The summed E-state index contributed by atoms with van der Waals surface area (Å²) >= 11 is 0. The number of benzene rings is 3. The Morgan fingerprint density at radius 2 is 1.52 bits per heavy atom. The van der Waals surface area contributed by atoms with Gasteiger partial charge in [-0.15, -0.1) is 0 Å². The van der Waals surface area contributed by atoms with Crippen molar-refractivity contribution in [2.45, 2.75) is 57.6 Å². The number of hydrogen-bond donors (Lipinski definition) is 1. The normalized spacial score (nSPS) is 12.4. The van der Waals surface area contributed by atoms with Crippen LogP contribution < -0.4 is 14.4 Å². The highest BCUT2D eigenvalue weighted by molar-refractivity contribution is 7.92. The number of ether oxygens (including phenoxy) is 1. The summed E-state index contributed by atoms with van der Waals surface area (Å²) in [5, 5.41) is 2.89. The zero-order valence-corrected chi connectivity index (χ0v) is 24.5. The lowest BCUT2D eigenvalue weighted by molar-refractivity contribution is -0.140. The molecule has 3 aromatic carbocycles. The van der Waals surface area contributed by atoms with Gasteiger partial charge in [-0.1, -0.05) is 29.8 Å². The van der Waals surface area contributed by atoms with Gasteiger partial charge in [0.05, 0.1) is 17.7 Å². The number of anilines is 1. The minimum absolute atomic E-state index is 0.0750. The van der Waals surface area contributed by atoms with Crippen LogP contribution in [0.15, 0.2) is 77.7 Å². The molecule has 1 N–H and O–H groups in total. The third kappa shape index (κ3) is 7.81. The van der Waals surface area contributed by atoms with Gasteiger partial charge in [0, 0.05) is 12.1 Å². The van der Waals surface area contributed by atoms with Crippen molar-refractivity contribution in [1.29, 1.82) is 0 Å². The number of nitrogens with zero attached hydrogens (tertiary/aromatic N) is 2. The van der Waals surface area contributed by atoms with E-state index in [1.54, 1.807) is 6.92 Å². The highest BCUT2D eigenvalue weighted by Gasteiger charge is 2.33. The van der Waals surface area contributed by atoms with E-state index in [1.807, 2.05) is 52.0 Å². The Bertz CT molecular complexity index is 1420. The first-order chi connectivity index (χ1) is 18.7. The van der Waals surface area contributed by atoms with E-state index in [0.29, 0.717) is 5.75 Å². The predicted octanol–water partition coefficient (Wildman–Crippen LogP) is 4.67. The zero-order chi connectivity index (χ0) is 29.7. The number of aryl methyl sites for hydroxylation is 1. The van der Waals surface area contributed by atoms with Gasteiger partial charge in [0.25, 0.3) is 10.0 Å². The molecule has 0 saturated carbocycles. The van der Waals surface area contributed by atoms with Gasteiger partial charge in [-0.25, -0.2) is 12.8 Å². The smallest absolute Gasteiger partial charge is 0.264 e. The maximum atomic E-state index is 13.9. The van der Waals surface area contributed by atoms with Gasteiger partial charge in [-0.05, 0) is 88.7 Å². The summed E-state index contributed by atoms with van der Waals surface area (Å²) in [6.07, 6.45) is 0. The van der Waals surface area contributed by atoms with Crippen LogP contribution in [0, 0.1) is 12.7 Å². The number of carbonyl (C=O) groups excluding carboxylic acids is 2. The summed E-state index contributed by atoms with van der Waals surface area (Å²) in [5.74, 6) is -1.06. The molecule has 2 amide bonds. The van der Waals surface area contributed by atoms with E-state index in [2.05, 4.69) is 5.32 Å². The summed E-state index contributed by atoms with van der Waals surface area (Å²) in [5.41, 5.74) is 1.38. The number of hydrogen-bond acceptors (Lipinski definition) is 5. The van der Waals surface area contributed by atoms with Crippen LogP contribution in [-0.2, 0) is 26.2 Å². The van der Waals surface area contributed by atoms with Gasteiger partial charge in [-0.3, -0.25) is 13.9 Å². The van der Waals surface area contributed by atoms with Crippen molar-refractivity contribution >= 4 is 27.5 Å². The van der Waals surface area contributed by atoms with Crippen molar-refractivity contribution in [2.24, 2.45) is 0 Å². The Kier molecular flexibility index (Phi) is 9.57. The van der Waals surface area contributed by atoms with Crippen molar-refractivity contribution in [2.75, 3.05) is 18.0 Å². The maximum Gasteiger partial charge on any atom is 0.264 e. The number of carbonyl (C=O) groups is 2. The van der Waals surface area contributed by atoms with E-state index >= 15 is 0 Å². The van der Waals surface area contributed by atoms with Crippen LogP contribution in [-0.4, -0.2) is 50.4 Å². The molecule has 3 aromatic rings. The van der Waals surface area contributed by atoms with E-state index in [9.17, 15) is 22.4 Å². The molecule has 40 heavy (non-hydrogen) atoms. The fraction of sp³-hybridized carbons (Fsp3) is 0.333. The SMILES string of the molecule is COc1ccc(S(=O)(=O)N(CC(=O)N(Cc2ccc(C)cc2)C(C)C(=O)NC(C)(C)C)c2ccc(F)cc2)cc1. The van der Waals surface area contributed by atoms with Gasteiger partial charge < -0.3 is 15.0 Å². The molecule has 10 heteroatoms.